The van der Waals surface area contributed by atoms with E-state index in [-0.39, 0.29) is 0 Å². The van der Waals surface area contributed by atoms with Gasteiger partial charge in [-0.05, 0) is 23.7 Å². The molecule has 0 radical (unpaired) electrons. The maximum Gasteiger partial charge on any atom is 0.125 e. The Kier molecular flexibility index (Phi) is 1.77. The molecule has 0 rings (SSSR count). The van der Waals surface area contributed by atoms with Crippen LogP contribution in [-0.2, 0) is 0 Å². The zero-order valence-corrected chi connectivity index (χ0v) is 3.08. The fourth-order valence-electron chi connectivity index (χ4n) is 0.0673. The standard InChI is InChI=1S/C6H2/c1-3-5-6-4-2/h1-2H/i1T. The molecule has 0 saturated carbocycles. The molecular weight excluding hydrogens is 72.1 g/mol. The molecule has 0 unspecified atom stereocenters. The van der Waals surface area contributed by atoms with Crippen LogP contribution in [0.5, 0.6) is 0 Å². The Morgan fingerprint density at radius 3 is 2.50 bits per heavy atom. The first-order chi connectivity index (χ1) is 3.41. The van der Waals surface area contributed by atoms with Crippen molar-refractivity contribution in [2.75, 3.05) is 0 Å². The van der Waals surface area contributed by atoms with Gasteiger partial charge in [0.05, 0.1) is 0 Å². The quantitative estimate of drug-likeness (QED) is 0.363. The third-order valence-electron chi connectivity index (χ3n) is 0.197. The van der Waals surface area contributed by atoms with Gasteiger partial charge in [0.15, 0.2) is 0 Å². The predicted molar refractivity (Wildman–Crippen MR) is 25.4 cm³/mol. The van der Waals surface area contributed by atoms with Crippen LogP contribution in [0.1, 0.15) is 1.37 Å². The molecule has 0 amide bonds. The van der Waals surface area contributed by atoms with Crippen LogP contribution < -0.4 is 0 Å². The summed E-state index contributed by atoms with van der Waals surface area (Å²) < 4.78 is 6.25. The minimum Gasteiger partial charge on any atom is -0.106 e. The van der Waals surface area contributed by atoms with Gasteiger partial charge in [0, 0.05) is 0 Å². The lowest BCUT2D eigenvalue weighted by Gasteiger charge is -1.43. The second-order valence-corrected chi connectivity index (χ2v) is 0.519. The lowest BCUT2D eigenvalue weighted by Crippen LogP contribution is -1.42. The molecule has 0 saturated heterocycles. The lowest BCUT2D eigenvalue weighted by atomic mass is 10.6. The van der Waals surface area contributed by atoms with E-state index in [4.69, 9.17) is 7.79 Å². The average Bonchev–Trinajstić information content (AvgIpc) is 1.69. The molecule has 0 aliphatic carbocycles. The Labute approximate surface area is 39.0 Å². The Bertz CT molecular complexity index is 186. The van der Waals surface area contributed by atoms with Crippen molar-refractivity contribution in [2.24, 2.45) is 0 Å². The average molecular weight is 76.1 g/mol. The molecule has 0 aromatic carbocycles. The third kappa shape index (κ3) is 2.68. The van der Waals surface area contributed by atoms with Crippen LogP contribution in [-0.4, -0.2) is 0 Å². The maximum absolute atomic E-state index is 6.25. The summed E-state index contributed by atoms with van der Waals surface area (Å²) in [5.41, 5.74) is 0. The van der Waals surface area contributed by atoms with E-state index in [0.717, 1.165) is 0 Å². The molecule has 0 aromatic rings. The van der Waals surface area contributed by atoms with Crippen LogP contribution in [0.4, 0.5) is 0 Å². The molecule has 0 heterocycles. The smallest absolute Gasteiger partial charge is 0.106 e. The topological polar surface area (TPSA) is 0 Å². The van der Waals surface area contributed by atoms with Gasteiger partial charge in [-0.15, -0.1) is 12.8 Å². The third-order valence-corrected chi connectivity index (χ3v) is 0.197. The summed E-state index contributed by atoms with van der Waals surface area (Å²) >= 11 is 0. The van der Waals surface area contributed by atoms with Gasteiger partial charge in [0.1, 0.15) is 1.37 Å². The van der Waals surface area contributed by atoms with Gasteiger partial charge in [-0.2, -0.15) is 0 Å². The molecule has 0 N–H and O–H groups in total. The first kappa shape index (κ1) is 2.89. The Morgan fingerprint density at radius 1 is 1.33 bits per heavy atom. The van der Waals surface area contributed by atoms with E-state index < -0.39 is 0 Å². The van der Waals surface area contributed by atoms with Crippen LogP contribution in [0.3, 0.4) is 0 Å². The Balaban J connectivity index is 3.68. The summed E-state index contributed by atoms with van der Waals surface area (Å²) in [7, 11) is 0. The molecule has 6 heavy (non-hydrogen) atoms. The zero-order valence-electron chi connectivity index (χ0n) is 4.08. The summed E-state index contributed by atoms with van der Waals surface area (Å²) in [5.74, 6) is 8.70. The van der Waals surface area contributed by atoms with Crippen molar-refractivity contribution in [2.45, 2.75) is 0 Å². The van der Waals surface area contributed by atoms with Gasteiger partial charge >= 0.3 is 0 Å². The molecule has 0 nitrogen and oxygen atoms in total. The molecule has 26 valence electrons. The summed E-state index contributed by atoms with van der Waals surface area (Å²) in [5, 5.41) is 0. The summed E-state index contributed by atoms with van der Waals surface area (Å²) in [4.78, 5) is 0. The molecule has 0 aliphatic rings. The number of hydrogen-bond acceptors (Lipinski definition) is 0. The minimum absolute atomic E-state index is 1.83. The van der Waals surface area contributed by atoms with E-state index in [0.29, 0.717) is 0 Å². The van der Waals surface area contributed by atoms with Gasteiger partial charge in [0.2, 0.25) is 0 Å². The molecule has 0 aromatic heterocycles. The Morgan fingerprint density at radius 2 is 2.00 bits per heavy atom. The second kappa shape index (κ2) is 3.68. The van der Waals surface area contributed by atoms with E-state index in [1.165, 1.54) is 0 Å². The largest absolute Gasteiger partial charge is 0.125 e. The normalized spacial score (nSPS) is 4.17. The monoisotopic (exact) mass is 76.0 g/mol. The molecule has 0 aliphatic heterocycles. The van der Waals surface area contributed by atoms with Crippen molar-refractivity contribution in [1.82, 2.24) is 0 Å². The van der Waals surface area contributed by atoms with Gasteiger partial charge in [-0.1, -0.05) is 0 Å². The van der Waals surface area contributed by atoms with Crippen molar-refractivity contribution in [3.8, 4) is 36.5 Å². The van der Waals surface area contributed by atoms with Crippen molar-refractivity contribution in [1.29, 1.82) is 0 Å². The first-order valence-electron chi connectivity index (χ1n) is 1.79. The number of rotatable bonds is 0. The van der Waals surface area contributed by atoms with Crippen LogP contribution >= 0.6 is 0 Å². The highest BCUT2D eigenvalue weighted by molar-refractivity contribution is 5.31. The zero-order chi connectivity index (χ0) is 5.54. The Hall–Kier alpha value is -1.32. The van der Waals surface area contributed by atoms with Gasteiger partial charge in [0.25, 0.3) is 0 Å². The second-order valence-electron chi connectivity index (χ2n) is 0.519. The molecule has 0 bridgehead atoms. The highest BCUT2D eigenvalue weighted by Gasteiger charge is 1.41. The number of terminal acetylenes is 2. The summed E-state index contributed by atoms with van der Waals surface area (Å²) in [6.45, 7) is 0. The fourth-order valence-corrected chi connectivity index (χ4v) is 0.0673. The van der Waals surface area contributed by atoms with Crippen molar-refractivity contribution < 1.29 is 1.37 Å². The predicted octanol–water partition coefficient (Wildman–Crippen LogP) is 0.256. The summed E-state index contributed by atoms with van der Waals surface area (Å²) in [6, 6.07) is 0. The highest BCUT2D eigenvalue weighted by Crippen LogP contribution is 1.42. The molecular formula is C6H2. The summed E-state index contributed by atoms with van der Waals surface area (Å²) in [6.07, 6.45) is 6.55. The fraction of sp³-hybridized carbons (Fsp3) is 0. The van der Waals surface area contributed by atoms with Crippen molar-refractivity contribution in [3.05, 3.63) is 0 Å². The maximum atomic E-state index is 6.25. The highest BCUT2D eigenvalue weighted by atomic mass is 13.4. The van der Waals surface area contributed by atoms with E-state index in [9.17, 15) is 0 Å². The molecule has 0 heteroatoms. The van der Waals surface area contributed by atoms with Gasteiger partial charge in [-0.3, -0.25) is 0 Å². The van der Waals surface area contributed by atoms with E-state index in [2.05, 4.69) is 23.7 Å². The minimum atomic E-state index is 1.83. The molecule has 0 fully saturated rings. The van der Waals surface area contributed by atoms with Gasteiger partial charge < -0.3 is 0 Å². The van der Waals surface area contributed by atoms with Crippen molar-refractivity contribution >= 4 is 0 Å². The van der Waals surface area contributed by atoms with Crippen LogP contribution in [0.15, 0.2) is 0 Å². The van der Waals surface area contributed by atoms with Crippen LogP contribution in [0.2, 0.25) is 0 Å². The van der Waals surface area contributed by atoms with Crippen LogP contribution in [0, 0.1) is 36.5 Å². The first-order valence-corrected chi connectivity index (χ1v) is 1.29. The molecule has 0 spiro atoms. The van der Waals surface area contributed by atoms with Gasteiger partial charge in [-0.25, -0.2) is 0 Å². The van der Waals surface area contributed by atoms with E-state index in [1.54, 1.807) is 0 Å². The van der Waals surface area contributed by atoms with Crippen molar-refractivity contribution in [3.63, 3.8) is 0 Å². The lowest BCUT2D eigenvalue weighted by molar-refractivity contribution is 2.47. The van der Waals surface area contributed by atoms with E-state index in [1.807, 2.05) is 6.40 Å². The molecule has 0 atom stereocenters. The SMILES string of the molecule is [3H]C#CC#CC#C. The van der Waals surface area contributed by atoms with Crippen LogP contribution in [0.25, 0.3) is 0 Å². The van der Waals surface area contributed by atoms with E-state index >= 15 is 0 Å². The number of hydrogen-bond donors (Lipinski definition) is 0.